The van der Waals surface area contributed by atoms with Gasteiger partial charge in [0.25, 0.3) is 0 Å². The molecule has 11 heteroatoms. The Morgan fingerprint density at radius 2 is 1.67 bits per heavy atom. The predicted octanol–water partition coefficient (Wildman–Crippen LogP) is 3.96. The number of hydrogen-bond donors (Lipinski definition) is 3. The average molecular weight is 551 g/mol. The van der Waals surface area contributed by atoms with E-state index in [2.05, 4.69) is 10.3 Å². The van der Waals surface area contributed by atoms with Crippen molar-refractivity contribution < 1.29 is 27.8 Å². The number of carbonyl (C=O) groups excluding carboxylic acids is 1. The molecular weight excluding hydrogens is 520 g/mol. The molecule has 0 aliphatic heterocycles. The molecule has 39 heavy (non-hydrogen) atoms. The summed E-state index contributed by atoms with van der Waals surface area (Å²) in [4.78, 5) is 20.0. The number of aliphatic imine (C=N–C) groups is 1. The van der Waals surface area contributed by atoms with Crippen LogP contribution in [0.25, 0.3) is 10.9 Å². The minimum atomic E-state index is -3.71. The number of H-pyrrole nitrogens is 1. The Bertz CT molecular complexity index is 1610. The van der Waals surface area contributed by atoms with Crippen molar-refractivity contribution in [2.45, 2.75) is 6.92 Å². The van der Waals surface area contributed by atoms with Crippen LogP contribution in [0.4, 0.5) is 11.4 Å². The summed E-state index contributed by atoms with van der Waals surface area (Å²) in [6.07, 6.45) is 1.05. The van der Waals surface area contributed by atoms with Crippen LogP contribution in [0, 0.1) is 0 Å². The highest BCUT2D eigenvalue weighted by Gasteiger charge is 2.22. The van der Waals surface area contributed by atoms with E-state index in [9.17, 15) is 18.3 Å². The lowest BCUT2D eigenvalue weighted by Gasteiger charge is -2.21. The molecular formula is C28H30N4O6S. The Morgan fingerprint density at radius 1 is 1.03 bits per heavy atom. The number of aromatic amines is 1. The lowest BCUT2D eigenvalue weighted by atomic mass is 10.0. The lowest BCUT2D eigenvalue weighted by Crippen LogP contribution is -2.40. The van der Waals surface area contributed by atoms with E-state index in [1.807, 2.05) is 30.3 Å². The maximum Gasteiger partial charge on any atom is 0.240 e. The number of nitrogens with zero attached hydrogens (tertiary/aromatic N) is 2. The molecule has 10 nitrogen and oxygen atoms in total. The third kappa shape index (κ3) is 5.99. The van der Waals surface area contributed by atoms with Crippen LogP contribution in [-0.2, 0) is 14.8 Å². The van der Waals surface area contributed by atoms with Crippen LogP contribution in [0.3, 0.4) is 0 Å². The van der Waals surface area contributed by atoms with Crippen LogP contribution in [-0.4, -0.2) is 63.7 Å². The van der Waals surface area contributed by atoms with Gasteiger partial charge in [-0.25, -0.2) is 13.4 Å². The highest BCUT2D eigenvalue weighted by atomic mass is 32.2. The van der Waals surface area contributed by atoms with E-state index < -0.39 is 15.9 Å². The van der Waals surface area contributed by atoms with E-state index in [-0.39, 0.29) is 12.4 Å². The van der Waals surface area contributed by atoms with Crippen molar-refractivity contribution in [2.24, 2.45) is 4.99 Å². The predicted molar refractivity (Wildman–Crippen MR) is 152 cm³/mol. The number of anilines is 1. The van der Waals surface area contributed by atoms with Gasteiger partial charge in [0.05, 0.1) is 48.6 Å². The number of sulfonamides is 1. The first-order chi connectivity index (χ1) is 18.7. The molecule has 3 aromatic carbocycles. The lowest BCUT2D eigenvalue weighted by molar-refractivity contribution is -0.119. The summed E-state index contributed by atoms with van der Waals surface area (Å²) >= 11 is 0. The molecule has 1 heterocycles. The highest BCUT2D eigenvalue weighted by Crippen LogP contribution is 2.38. The molecule has 3 N–H and O–H groups in total. The highest BCUT2D eigenvalue weighted by molar-refractivity contribution is 7.92. The van der Waals surface area contributed by atoms with Gasteiger partial charge >= 0.3 is 0 Å². The van der Waals surface area contributed by atoms with Crippen LogP contribution >= 0.6 is 0 Å². The van der Waals surface area contributed by atoms with Gasteiger partial charge in [-0.1, -0.05) is 30.3 Å². The van der Waals surface area contributed by atoms with E-state index >= 15 is 0 Å². The van der Waals surface area contributed by atoms with E-state index in [0.717, 1.165) is 16.1 Å². The summed E-state index contributed by atoms with van der Waals surface area (Å²) in [5.74, 6) is 0.521. The van der Waals surface area contributed by atoms with Gasteiger partial charge in [-0.15, -0.1) is 0 Å². The molecule has 1 amide bonds. The molecule has 204 valence electrons. The summed E-state index contributed by atoms with van der Waals surface area (Å²) < 4.78 is 36.7. The van der Waals surface area contributed by atoms with E-state index in [1.54, 1.807) is 43.3 Å². The van der Waals surface area contributed by atoms with Gasteiger partial charge < -0.3 is 24.9 Å². The second-order valence-electron chi connectivity index (χ2n) is 8.67. The van der Waals surface area contributed by atoms with Crippen LogP contribution in [0.2, 0.25) is 0 Å². The van der Waals surface area contributed by atoms with E-state index in [0.29, 0.717) is 51.6 Å². The van der Waals surface area contributed by atoms with E-state index in [4.69, 9.17) is 14.5 Å². The number of ether oxygens (including phenoxy) is 2. The molecule has 0 aliphatic carbocycles. The summed E-state index contributed by atoms with van der Waals surface area (Å²) in [5, 5.41) is 14.3. The average Bonchev–Trinajstić information content (AvgIpc) is 3.24. The smallest absolute Gasteiger partial charge is 0.240 e. The van der Waals surface area contributed by atoms with Gasteiger partial charge in [-0.05, 0) is 37.3 Å². The largest absolute Gasteiger partial charge is 0.494 e. The first kappa shape index (κ1) is 27.5. The SMILES string of the molecule is CCNC(=O)CN(c1ccc(N=C(c2ccccc2)c2c(O)[nH]c3cc(OC)c(OC)cc23)cc1)S(C)(=O)=O. The van der Waals surface area contributed by atoms with Crippen molar-refractivity contribution in [3.05, 3.63) is 77.9 Å². The van der Waals surface area contributed by atoms with Crippen LogP contribution in [0.5, 0.6) is 17.4 Å². The van der Waals surface area contributed by atoms with Gasteiger partial charge in [-0.2, -0.15) is 0 Å². The molecule has 0 atom stereocenters. The topological polar surface area (TPSA) is 133 Å². The molecule has 0 saturated carbocycles. The summed E-state index contributed by atoms with van der Waals surface area (Å²) in [6, 6.07) is 19.4. The normalized spacial score (nSPS) is 11.8. The van der Waals surface area contributed by atoms with E-state index in [1.165, 1.54) is 14.2 Å². The fourth-order valence-corrected chi connectivity index (χ4v) is 5.07. The summed E-state index contributed by atoms with van der Waals surface area (Å²) in [6.45, 7) is 1.82. The van der Waals surface area contributed by atoms with Crippen molar-refractivity contribution in [3.63, 3.8) is 0 Å². The Balaban J connectivity index is 1.83. The Labute approximate surface area is 227 Å². The number of likely N-dealkylation sites (N-methyl/N-ethyl adjacent to an activating group) is 1. The second kappa shape index (κ2) is 11.5. The van der Waals surface area contributed by atoms with Crippen LogP contribution in [0.15, 0.2) is 71.7 Å². The van der Waals surface area contributed by atoms with Gasteiger partial charge in [-0.3, -0.25) is 9.10 Å². The molecule has 0 saturated heterocycles. The molecule has 0 bridgehead atoms. The molecule has 0 radical (unpaired) electrons. The van der Waals surface area contributed by atoms with Gasteiger partial charge in [0.2, 0.25) is 15.9 Å². The van der Waals surface area contributed by atoms with Crippen molar-refractivity contribution in [2.75, 3.05) is 37.9 Å². The Morgan fingerprint density at radius 3 is 2.26 bits per heavy atom. The summed E-state index contributed by atoms with van der Waals surface area (Å²) in [5.41, 5.74) is 3.18. The van der Waals surface area contributed by atoms with Crippen molar-refractivity contribution >= 4 is 43.9 Å². The number of hydrogen-bond acceptors (Lipinski definition) is 7. The molecule has 0 unspecified atom stereocenters. The summed E-state index contributed by atoms with van der Waals surface area (Å²) in [7, 11) is -0.637. The number of nitrogens with one attached hydrogen (secondary N) is 2. The number of rotatable bonds is 10. The third-order valence-electron chi connectivity index (χ3n) is 6.01. The number of amides is 1. The monoisotopic (exact) mass is 550 g/mol. The first-order valence-electron chi connectivity index (χ1n) is 12.1. The van der Waals surface area contributed by atoms with Crippen molar-refractivity contribution in [3.8, 4) is 17.4 Å². The number of methoxy groups -OCH3 is 2. The van der Waals surface area contributed by atoms with Crippen molar-refractivity contribution in [1.82, 2.24) is 10.3 Å². The fraction of sp³-hybridized carbons (Fsp3) is 0.214. The molecule has 0 aliphatic rings. The van der Waals surface area contributed by atoms with Gasteiger partial charge in [0, 0.05) is 23.6 Å². The number of fused-ring (bicyclic) bond motifs is 1. The number of aromatic nitrogens is 1. The minimum absolute atomic E-state index is 0.0790. The standard InChI is InChI=1S/C28H30N4O6S/c1-5-29-25(33)17-32(39(4,35)36)20-13-11-19(12-14-20)30-27(18-9-7-6-8-10-18)26-21-15-23(37-2)24(38-3)16-22(21)31-28(26)34/h6-16,31,34H,5,17H2,1-4H3,(H,29,33). The van der Waals surface area contributed by atoms with Crippen molar-refractivity contribution in [1.29, 1.82) is 0 Å². The number of aromatic hydroxyl groups is 1. The maximum absolute atomic E-state index is 12.4. The molecule has 4 rings (SSSR count). The number of carbonyl (C=O) groups is 1. The molecule has 0 fully saturated rings. The minimum Gasteiger partial charge on any atom is -0.494 e. The van der Waals surface area contributed by atoms with Gasteiger partial charge in [0.15, 0.2) is 17.4 Å². The van der Waals surface area contributed by atoms with Crippen LogP contribution < -0.4 is 19.1 Å². The molecule has 4 aromatic rings. The number of benzene rings is 3. The zero-order chi connectivity index (χ0) is 28.2. The quantitative estimate of drug-likeness (QED) is 0.256. The maximum atomic E-state index is 12.4. The molecule has 1 aromatic heterocycles. The third-order valence-corrected chi connectivity index (χ3v) is 7.15. The van der Waals surface area contributed by atoms with Gasteiger partial charge in [0.1, 0.15) is 6.54 Å². The first-order valence-corrected chi connectivity index (χ1v) is 14.0. The Kier molecular flexibility index (Phi) is 8.10. The Hall–Kier alpha value is -4.51. The zero-order valence-electron chi connectivity index (χ0n) is 22.1. The molecule has 0 spiro atoms. The fourth-order valence-electron chi connectivity index (χ4n) is 4.21. The van der Waals surface area contributed by atoms with Crippen LogP contribution in [0.1, 0.15) is 18.1 Å². The zero-order valence-corrected chi connectivity index (χ0v) is 22.9. The second-order valence-corrected chi connectivity index (χ2v) is 10.6.